The van der Waals surface area contributed by atoms with Crippen LogP contribution in [0.5, 0.6) is 0 Å². The first-order chi connectivity index (χ1) is 7.24. The largest absolute Gasteiger partial charge is 0.466 e. The number of ether oxygens (including phenoxy) is 1. The Hall–Kier alpha value is -1.81. The summed E-state index contributed by atoms with van der Waals surface area (Å²) in [6, 6.07) is 9.64. The minimum atomic E-state index is -0.783. The normalized spacial score (nSPS) is 12.7. The van der Waals surface area contributed by atoms with E-state index in [4.69, 9.17) is 5.73 Å². The van der Waals surface area contributed by atoms with Crippen LogP contribution >= 0.6 is 0 Å². The number of rotatable bonds is 2. The molecule has 0 spiro atoms. The zero-order valence-electron chi connectivity index (χ0n) is 8.38. The van der Waals surface area contributed by atoms with Crippen LogP contribution in [0.1, 0.15) is 6.17 Å². The van der Waals surface area contributed by atoms with Gasteiger partial charge < -0.3 is 15.0 Å². The summed E-state index contributed by atoms with van der Waals surface area (Å²) in [6.45, 7) is 0. The molecule has 0 bridgehead atoms. The van der Waals surface area contributed by atoms with E-state index in [1.807, 2.05) is 30.3 Å². The summed E-state index contributed by atoms with van der Waals surface area (Å²) in [4.78, 5) is 11.3. The number of para-hydroxylation sites is 1. The first-order valence-electron chi connectivity index (χ1n) is 4.63. The lowest BCUT2D eigenvalue weighted by Gasteiger charge is -2.12. The molecule has 0 aliphatic carbocycles. The molecule has 0 amide bonds. The topological polar surface area (TPSA) is 57.2 Å². The third kappa shape index (κ3) is 1.59. The Morgan fingerprint density at radius 3 is 2.87 bits per heavy atom. The maximum atomic E-state index is 11.3. The van der Waals surface area contributed by atoms with Gasteiger partial charge in [-0.3, -0.25) is 0 Å². The molecule has 78 valence electrons. The summed E-state index contributed by atoms with van der Waals surface area (Å²) in [6.07, 6.45) is 1.00. The number of fused-ring (bicyclic) bond motifs is 1. The van der Waals surface area contributed by atoms with E-state index in [9.17, 15) is 4.79 Å². The van der Waals surface area contributed by atoms with Gasteiger partial charge in [-0.25, -0.2) is 4.79 Å². The molecule has 0 aliphatic heterocycles. The molecule has 1 aromatic carbocycles. The number of aromatic nitrogens is 1. The van der Waals surface area contributed by atoms with Crippen molar-refractivity contribution in [2.24, 2.45) is 5.73 Å². The minimum absolute atomic E-state index is 0.448. The monoisotopic (exact) mass is 204 g/mol. The lowest BCUT2D eigenvalue weighted by atomic mass is 10.2. The first-order valence-corrected chi connectivity index (χ1v) is 4.63. The van der Waals surface area contributed by atoms with Gasteiger partial charge in [-0.15, -0.1) is 0 Å². The van der Waals surface area contributed by atoms with E-state index >= 15 is 0 Å². The molecule has 1 aromatic heterocycles. The second-order valence-electron chi connectivity index (χ2n) is 3.25. The van der Waals surface area contributed by atoms with Gasteiger partial charge in [0.1, 0.15) is 0 Å². The Bertz CT molecular complexity index is 490. The Balaban J connectivity index is 2.48. The zero-order chi connectivity index (χ0) is 10.8. The summed E-state index contributed by atoms with van der Waals surface area (Å²) in [5.74, 6) is -0.448. The molecule has 1 heterocycles. The lowest BCUT2D eigenvalue weighted by Crippen LogP contribution is -2.28. The third-order valence-corrected chi connectivity index (χ3v) is 2.37. The molecule has 4 heteroatoms. The molecule has 0 fully saturated rings. The van der Waals surface area contributed by atoms with E-state index in [-0.39, 0.29) is 0 Å². The van der Waals surface area contributed by atoms with Crippen LogP contribution in [0.2, 0.25) is 0 Å². The highest BCUT2D eigenvalue weighted by Gasteiger charge is 2.16. The Morgan fingerprint density at radius 2 is 2.13 bits per heavy atom. The summed E-state index contributed by atoms with van der Waals surface area (Å²) < 4.78 is 6.30. The molecule has 0 unspecified atom stereocenters. The van der Waals surface area contributed by atoms with E-state index < -0.39 is 12.1 Å². The molecule has 0 radical (unpaired) electrons. The van der Waals surface area contributed by atoms with Gasteiger partial charge in [-0.1, -0.05) is 18.2 Å². The van der Waals surface area contributed by atoms with Gasteiger partial charge in [0, 0.05) is 11.7 Å². The molecular formula is C11H12N2O2. The molecule has 2 aromatic rings. The quantitative estimate of drug-likeness (QED) is 0.749. The molecule has 2 rings (SSSR count). The van der Waals surface area contributed by atoms with Gasteiger partial charge in [0.05, 0.1) is 7.11 Å². The Morgan fingerprint density at radius 1 is 1.40 bits per heavy atom. The number of hydrogen-bond donors (Lipinski definition) is 1. The van der Waals surface area contributed by atoms with Crippen molar-refractivity contribution in [1.82, 2.24) is 4.57 Å². The van der Waals surface area contributed by atoms with Crippen LogP contribution in [0, 0.1) is 0 Å². The standard InChI is InChI=1S/C11H12N2O2/c1-15-11(14)10(12)13-7-6-8-4-2-3-5-9(8)13/h2-7,10H,12H2,1H3/t10-/m0/s1. The highest BCUT2D eigenvalue weighted by molar-refractivity contribution is 5.83. The van der Waals surface area contributed by atoms with E-state index in [1.165, 1.54) is 7.11 Å². The van der Waals surface area contributed by atoms with Gasteiger partial charge in [0.2, 0.25) is 0 Å². The van der Waals surface area contributed by atoms with Crippen LogP contribution in [0.25, 0.3) is 10.9 Å². The Labute approximate surface area is 87.2 Å². The van der Waals surface area contributed by atoms with Gasteiger partial charge in [0.25, 0.3) is 0 Å². The lowest BCUT2D eigenvalue weighted by molar-refractivity contribution is -0.144. The van der Waals surface area contributed by atoms with Gasteiger partial charge >= 0.3 is 5.97 Å². The second kappa shape index (κ2) is 3.74. The number of carbonyl (C=O) groups is 1. The average molecular weight is 204 g/mol. The van der Waals surface area contributed by atoms with Crippen molar-refractivity contribution in [3.05, 3.63) is 36.5 Å². The number of carbonyl (C=O) groups excluding carboxylic acids is 1. The van der Waals surface area contributed by atoms with E-state index in [1.54, 1.807) is 10.8 Å². The molecular weight excluding hydrogens is 192 g/mol. The maximum absolute atomic E-state index is 11.3. The highest BCUT2D eigenvalue weighted by atomic mass is 16.5. The van der Waals surface area contributed by atoms with Gasteiger partial charge in [0.15, 0.2) is 6.17 Å². The predicted octanol–water partition coefficient (Wildman–Crippen LogP) is 1.27. The van der Waals surface area contributed by atoms with Crippen molar-refractivity contribution in [3.8, 4) is 0 Å². The number of hydrogen-bond acceptors (Lipinski definition) is 3. The van der Waals surface area contributed by atoms with Crippen LogP contribution in [0.4, 0.5) is 0 Å². The molecule has 0 aliphatic rings. The molecule has 15 heavy (non-hydrogen) atoms. The number of nitrogens with zero attached hydrogens (tertiary/aromatic N) is 1. The van der Waals surface area contributed by atoms with Crippen molar-refractivity contribution in [1.29, 1.82) is 0 Å². The number of benzene rings is 1. The van der Waals surface area contributed by atoms with E-state index in [0.717, 1.165) is 10.9 Å². The highest BCUT2D eigenvalue weighted by Crippen LogP contribution is 2.18. The van der Waals surface area contributed by atoms with E-state index in [0.29, 0.717) is 0 Å². The average Bonchev–Trinajstić information content (AvgIpc) is 2.70. The van der Waals surface area contributed by atoms with Crippen LogP contribution in [-0.2, 0) is 9.53 Å². The maximum Gasteiger partial charge on any atom is 0.343 e. The summed E-state index contributed by atoms with van der Waals surface area (Å²) in [5.41, 5.74) is 6.67. The predicted molar refractivity (Wildman–Crippen MR) is 57.2 cm³/mol. The molecule has 2 N–H and O–H groups in total. The van der Waals surface area contributed by atoms with E-state index in [2.05, 4.69) is 4.74 Å². The van der Waals surface area contributed by atoms with Gasteiger partial charge in [-0.05, 0) is 17.5 Å². The SMILES string of the molecule is COC(=O)[C@@H](N)n1ccc2ccccc21. The van der Waals surface area contributed by atoms with Gasteiger partial charge in [-0.2, -0.15) is 0 Å². The number of esters is 1. The summed E-state index contributed by atoms with van der Waals surface area (Å²) in [7, 11) is 1.33. The van der Waals surface area contributed by atoms with Crippen molar-refractivity contribution in [2.45, 2.75) is 6.17 Å². The number of methoxy groups -OCH3 is 1. The fourth-order valence-electron chi connectivity index (χ4n) is 1.58. The molecule has 0 saturated carbocycles. The molecule has 4 nitrogen and oxygen atoms in total. The van der Waals surface area contributed by atoms with Crippen LogP contribution in [0.15, 0.2) is 36.5 Å². The molecule has 1 atom stereocenters. The summed E-state index contributed by atoms with van der Waals surface area (Å²) >= 11 is 0. The van der Waals surface area contributed by atoms with Crippen molar-refractivity contribution in [3.63, 3.8) is 0 Å². The number of nitrogens with two attached hydrogens (primary N) is 1. The van der Waals surface area contributed by atoms with Crippen LogP contribution < -0.4 is 5.73 Å². The third-order valence-electron chi connectivity index (χ3n) is 2.37. The van der Waals surface area contributed by atoms with Crippen LogP contribution in [0.3, 0.4) is 0 Å². The van der Waals surface area contributed by atoms with Crippen molar-refractivity contribution in [2.75, 3.05) is 7.11 Å². The molecule has 0 saturated heterocycles. The van der Waals surface area contributed by atoms with Crippen molar-refractivity contribution >= 4 is 16.9 Å². The summed E-state index contributed by atoms with van der Waals surface area (Å²) in [5, 5.41) is 1.05. The second-order valence-corrected chi connectivity index (χ2v) is 3.25. The zero-order valence-corrected chi connectivity index (χ0v) is 8.38. The first kappa shape index (κ1) is 9.73. The van der Waals surface area contributed by atoms with Crippen LogP contribution in [-0.4, -0.2) is 17.6 Å². The minimum Gasteiger partial charge on any atom is -0.466 e. The fraction of sp³-hybridized carbons (Fsp3) is 0.182. The van der Waals surface area contributed by atoms with Crippen molar-refractivity contribution < 1.29 is 9.53 Å². The Kier molecular flexibility index (Phi) is 2.43. The smallest absolute Gasteiger partial charge is 0.343 e. The fourth-order valence-corrected chi connectivity index (χ4v) is 1.58.